The summed E-state index contributed by atoms with van der Waals surface area (Å²) in [6.07, 6.45) is 0. The lowest BCUT2D eigenvalue weighted by molar-refractivity contribution is 0.669. The monoisotopic (exact) mass is 639 g/mol. The number of rotatable bonds is 5. The summed E-state index contributed by atoms with van der Waals surface area (Å²) in [6.45, 7) is 0. The van der Waals surface area contributed by atoms with Crippen molar-refractivity contribution in [3.8, 4) is 50.7 Å². The van der Waals surface area contributed by atoms with Crippen molar-refractivity contribution in [2.75, 3.05) is 0 Å². The predicted molar refractivity (Wildman–Crippen MR) is 205 cm³/mol. The van der Waals surface area contributed by atoms with E-state index in [4.69, 9.17) is 14.4 Å². The zero-order chi connectivity index (χ0) is 33.0. The van der Waals surface area contributed by atoms with Gasteiger partial charge in [0.2, 0.25) is 0 Å². The minimum Gasteiger partial charge on any atom is -0.456 e. The molecule has 3 aromatic heterocycles. The van der Waals surface area contributed by atoms with Gasteiger partial charge in [-0.15, -0.1) is 0 Å². The van der Waals surface area contributed by atoms with E-state index in [2.05, 4.69) is 144 Å². The summed E-state index contributed by atoms with van der Waals surface area (Å²) in [4.78, 5) is 10.3. The molecule has 4 nitrogen and oxygen atoms in total. The molecule has 0 amide bonds. The van der Waals surface area contributed by atoms with E-state index in [1.54, 1.807) is 0 Å². The molecule has 0 bridgehead atoms. The summed E-state index contributed by atoms with van der Waals surface area (Å²) in [5, 5.41) is 4.65. The van der Waals surface area contributed by atoms with Crippen LogP contribution in [0.4, 0.5) is 0 Å². The molecule has 10 aromatic rings. The van der Waals surface area contributed by atoms with Gasteiger partial charge in [0.1, 0.15) is 11.2 Å². The fraction of sp³-hybridized carbons (Fsp3) is 0. The van der Waals surface area contributed by atoms with Crippen LogP contribution in [0.1, 0.15) is 0 Å². The zero-order valence-electron chi connectivity index (χ0n) is 27.0. The lowest BCUT2D eigenvalue weighted by Gasteiger charge is -2.12. The molecule has 3 heterocycles. The van der Waals surface area contributed by atoms with Gasteiger partial charge in [-0.2, -0.15) is 0 Å². The van der Waals surface area contributed by atoms with Gasteiger partial charge >= 0.3 is 0 Å². The highest BCUT2D eigenvalue weighted by molar-refractivity contribution is 6.24. The minimum atomic E-state index is 0.684. The molecule has 234 valence electrons. The van der Waals surface area contributed by atoms with Gasteiger partial charge in [-0.1, -0.05) is 115 Å². The molecule has 0 N–H and O–H groups in total. The fourth-order valence-corrected chi connectivity index (χ4v) is 7.26. The number of para-hydroxylation sites is 2. The molecule has 7 aromatic carbocycles. The van der Waals surface area contributed by atoms with Crippen LogP contribution in [0.3, 0.4) is 0 Å². The maximum atomic E-state index is 6.32. The Morgan fingerprint density at radius 3 is 1.84 bits per heavy atom. The lowest BCUT2D eigenvalue weighted by atomic mass is 10.0. The Kier molecular flexibility index (Phi) is 6.46. The number of nitrogens with zero attached hydrogens (tertiary/aromatic N) is 3. The third-order valence-corrected chi connectivity index (χ3v) is 9.62. The van der Waals surface area contributed by atoms with E-state index in [0.717, 1.165) is 72.3 Å². The molecule has 0 spiro atoms. The molecule has 0 atom stereocenters. The van der Waals surface area contributed by atoms with Crippen LogP contribution in [0.2, 0.25) is 0 Å². The third kappa shape index (κ3) is 4.61. The van der Waals surface area contributed by atoms with Gasteiger partial charge in [0.15, 0.2) is 5.82 Å². The lowest BCUT2D eigenvalue weighted by Crippen LogP contribution is -1.97. The van der Waals surface area contributed by atoms with Gasteiger partial charge in [-0.05, 0) is 71.8 Å². The summed E-state index contributed by atoms with van der Waals surface area (Å²) < 4.78 is 8.68. The quantitative estimate of drug-likeness (QED) is 0.188. The molecule has 0 fully saturated rings. The van der Waals surface area contributed by atoms with Gasteiger partial charge in [0.25, 0.3) is 0 Å². The zero-order valence-corrected chi connectivity index (χ0v) is 27.0. The summed E-state index contributed by atoms with van der Waals surface area (Å²) in [7, 11) is 0. The first-order chi connectivity index (χ1) is 24.8. The average molecular weight is 640 g/mol. The largest absolute Gasteiger partial charge is 0.456 e. The Labute approximate surface area is 288 Å². The predicted octanol–water partition coefficient (Wildman–Crippen LogP) is 12.1. The summed E-state index contributed by atoms with van der Waals surface area (Å²) in [5.41, 5.74) is 12.3. The molecular formula is C46H29N3O. The average Bonchev–Trinajstić information content (AvgIpc) is 3.74. The third-order valence-electron chi connectivity index (χ3n) is 9.62. The fourth-order valence-electron chi connectivity index (χ4n) is 7.26. The second-order valence-corrected chi connectivity index (χ2v) is 12.6. The van der Waals surface area contributed by atoms with E-state index in [1.165, 1.54) is 16.3 Å². The van der Waals surface area contributed by atoms with E-state index in [1.807, 2.05) is 36.4 Å². The van der Waals surface area contributed by atoms with Gasteiger partial charge in [0.05, 0.1) is 27.8 Å². The first-order valence-electron chi connectivity index (χ1n) is 16.8. The van der Waals surface area contributed by atoms with Gasteiger partial charge in [0, 0.05) is 38.5 Å². The highest BCUT2D eigenvalue weighted by Gasteiger charge is 2.19. The maximum Gasteiger partial charge on any atom is 0.160 e. The number of furan rings is 1. The van der Waals surface area contributed by atoms with Crippen molar-refractivity contribution >= 4 is 43.7 Å². The molecule has 0 aliphatic heterocycles. The van der Waals surface area contributed by atoms with Gasteiger partial charge < -0.3 is 8.98 Å². The van der Waals surface area contributed by atoms with Crippen molar-refractivity contribution in [2.45, 2.75) is 0 Å². The van der Waals surface area contributed by atoms with Gasteiger partial charge in [-0.25, -0.2) is 9.97 Å². The Bertz CT molecular complexity index is 2850. The number of hydrogen-bond acceptors (Lipinski definition) is 3. The van der Waals surface area contributed by atoms with Crippen LogP contribution in [-0.2, 0) is 0 Å². The van der Waals surface area contributed by atoms with Crippen molar-refractivity contribution in [2.24, 2.45) is 0 Å². The molecule has 0 aliphatic carbocycles. The van der Waals surface area contributed by atoms with Crippen LogP contribution in [-0.4, -0.2) is 14.5 Å². The number of hydrogen-bond donors (Lipinski definition) is 0. The number of aromatic nitrogens is 3. The van der Waals surface area contributed by atoms with E-state index in [0.29, 0.717) is 5.82 Å². The molecule has 0 unspecified atom stereocenters. The van der Waals surface area contributed by atoms with Crippen LogP contribution in [0.5, 0.6) is 0 Å². The smallest absolute Gasteiger partial charge is 0.160 e. The number of benzene rings is 7. The SMILES string of the molecule is c1ccc(-c2cccc(-c3cc(-c4ccccc4)nc(-c4ccc(-n5c6ccccc6c6ccc7oc8ccccc8c7c65)cc4)n3)c2)cc1. The van der Waals surface area contributed by atoms with Crippen molar-refractivity contribution < 1.29 is 4.42 Å². The first kappa shape index (κ1) is 28.3. The second kappa shape index (κ2) is 11.4. The van der Waals surface area contributed by atoms with E-state index < -0.39 is 0 Å². The number of fused-ring (bicyclic) bond motifs is 7. The molecule has 0 saturated heterocycles. The first-order valence-corrected chi connectivity index (χ1v) is 16.8. The Balaban J connectivity index is 1.14. The highest BCUT2D eigenvalue weighted by atomic mass is 16.3. The normalized spacial score (nSPS) is 11.6. The van der Waals surface area contributed by atoms with Crippen LogP contribution in [0.15, 0.2) is 180 Å². The molecule has 4 heteroatoms. The molecule has 10 rings (SSSR count). The van der Waals surface area contributed by atoms with Crippen molar-refractivity contribution in [3.05, 3.63) is 176 Å². The van der Waals surface area contributed by atoms with Gasteiger partial charge in [-0.3, -0.25) is 0 Å². The molecule has 0 aliphatic rings. The summed E-state index contributed by atoms with van der Waals surface area (Å²) in [5.74, 6) is 0.684. The van der Waals surface area contributed by atoms with Crippen molar-refractivity contribution in [1.82, 2.24) is 14.5 Å². The van der Waals surface area contributed by atoms with E-state index in [9.17, 15) is 0 Å². The Morgan fingerprint density at radius 2 is 1.04 bits per heavy atom. The molecular weight excluding hydrogens is 611 g/mol. The van der Waals surface area contributed by atoms with Crippen LogP contribution < -0.4 is 0 Å². The van der Waals surface area contributed by atoms with Crippen LogP contribution in [0, 0.1) is 0 Å². The Hall–Kier alpha value is -6.78. The second-order valence-electron chi connectivity index (χ2n) is 12.6. The van der Waals surface area contributed by atoms with E-state index in [-0.39, 0.29) is 0 Å². The summed E-state index contributed by atoms with van der Waals surface area (Å²) >= 11 is 0. The minimum absolute atomic E-state index is 0.684. The van der Waals surface area contributed by atoms with Crippen LogP contribution >= 0.6 is 0 Å². The topological polar surface area (TPSA) is 43.9 Å². The molecule has 0 radical (unpaired) electrons. The van der Waals surface area contributed by atoms with Crippen molar-refractivity contribution in [1.29, 1.82) is 0 Å². The summed E-state index contributed by atoms with van der Waals surface area (Å²) in [6, 6.07) is 61.3. The van der Waals surface area contributed by atoms with E-state index >= 15 is 0 Å². The molecule has 50 heavy (non-hydrogen) atoms. The standard InChI is InChI=1S/C46H29N3O/c1-3-12-30(13-4-1)33-16-11-17-34(28-33)40-29-39(31-14-5-2-6-15-31)47-46(48-40)32-22-24-35(25-23-32)49-41-20-9-7-18-36(41)37-26-27-43-44(45(37)49)38-19-8-10-21-42(38)50-43/h1-29H. The maximum absolute atomic E-state index is 6.32. The Morgan fingerprint density at radius 1 is 0.400 bits per heavy atom. The van der Waals surface area contributed by atoms with Crippen molar-refractivity contribution in [3.63, 3.8) is 0 Å². The highest BCUT2D eigenvalue weighted by Crippen LogP contribution is 2.41. The molecule has 0 saturated carbocycles. The van der Waals surface area contributed by atoms with Crippen LogP contribution in [0.25, 0.3) is 94.5 Å².